The number of nitrogens with two attached hydrogens (primary N) is 1. The van der Waals surface area contributed by atoms with E-state index in [0.29, 0.717) is 12.0 Å². The maximum atomic E-state index is 12.6. The second kappa shape index (κ2) is 8.65. The summed E-state index contributed by atoms with van der Waals surface area (Å²) in [4.78, 5) is 12.5. The van der Waals surface area contributed by atoms with Gasteiger partial charge in [-0.15, -0.1) is 0 Å². The minimum atomic E-state index is -3.70. The number of nitrogens with one attached hydrogen (secondary N) is 2. The molecule has 6 nitrogen and oxygen atoms in total. The third-order valence-corrected chi connectivity index (χ3v) is 5.65. The zero-order valence-corrected chi connectivity index (χ0v) is 16.7. The lowest BCUT2D eigenvalue weighted by Crippen LogP contribution is -2.42. The van der Waals surface area contributed by atoms with E-state index in [2.05, 4.69) is 10.0 Å². The molecule has 0 radical (unpaired) electrons. The molecule has 0 aliphatic rings. The van der Waals surface area contributed by atoms with Crippen molar-refractivity contribution in [2.75, 3.05) is 0 Å². The van der Waals surface area contributed by atoms with E-state index in [1.165, 1.54) is 6.07 Å². The standard InChI is InChI=1S/C20H27N3O3S/c1-20(2,3)23-27(25,26)18-12-8-7-11-16(18)14-22-19(24)17(21)13-15-9-5-4-6-10-15/h4-12,17,23H,13-14,21H2,1-3H3,(H,22,24)/t17-/m0/s1. The topological polar surface area (TPSA) is 101 Å². The molecule has 0 aliphatic heterocycles. The third-order valence-electron chi connectivity index (χ3n) is 3.79. The first-order valence-corrected chi connectivity index (χ1v) is 10.3. The molecule has 0 fully saturated rings. The Morgan fingerprint density at radius 1 is 1.04 bits per heavy atom. The molecule has 7 heteroatoms. The minimum Gasteiger partial charge on any atom is -0.351 e. The maximum absolute atomic E-state index is 12.6. The summed E-state index contributed by atoms with van der Waals surface area (Å²) in [5.74, 6) is -0.324. The Morgan fingerprint density at radius 3 is 2.26 bits per heavy atom. The second-order valence-electron chi connectivity index (χ2n) is 7.48. The number of carbonyl (C=O) groups is 1. The van der Waals surface area contributed by atoms with Gasteiger partial charge < -0.3 is 11.1 Å². The monoisotopic (exact) mass is 389 g/mol. The van der Waals surface area contributed by atoms with Crippen molar-refractivity contribution in [3.8, 4) is 0 Å². The first-order valence-electron chi connectivity index (χ1n) is 8.77. The van der Waals surface area contributed by atoms with Crippen LogP contribution in [0.1, 0.15) is 31.9 Å². The lowest BCUT2D eigenvalue weighted by molar-refractivity contribution is -0.122. The zero-order valence-electron chi connectivity index (χ0n) is 15.9. The van der Waals surface area contributed by atoms with Crippen molar-refractivity contribution in [2.45, 2.75) is 50.2 Å². The molecule has 27 heavy (non-hydrogen) atoms. The van der Waals surface area contributed by atoms with Crippen LogP contribution in [0.25, 0.3) is 0 Å². The van der Waals surface area contributed by atoms with E-state index in [-0.39, 0.29) is 17.3 Å². The van der Waals surface area contributed by atoms with E-state index in [1.807, 2.05) is 30.3 Å². The van der Waals surface area contributed by atoms with Crippen LogP contribution in [-0.4, -0.2) is 25.9 Å². The predicted molar refractivity (Wildman–Crippen MR) is 106 cm³/mol. The summed E-state index contributed by atoms with van der Waals surface area (Å²) in [6.07, 6.45) is 0.415. The SMILES string of the molecule is CC(C)(C)NS(=O)(=O)c1ccccc1CNC(=O)[C@@H](N)Cc1ccccc1. The number of hydrogen-bond donors (Lipinski definition) is 3. The zero-order chi connectivity index (χ0) is 20.1. The summed E-state index contributed by atoms with van der Waals surface area (Å²) in [5, 5.41) is 2.74. The quantitative estimate of drug-likeness (QED) is 0.674. The second-order valence-corrected chi connectivity index (χ2v) is 9.13. The fourth-order valence-electron chi connectivity index (χ4n) is 2.64. The van der Waals surface area contributed by atoms with Crippen molar-refractivity contribution in [1.29, 1.82) is 0 Å². The van der Waals surface area contributed by atoms with Gasteiger partial charge in [-0.25, -0.2) is 13.1 Å². The van der Waals surface area contributed by atoms with Crippen LogP contribution >= 0.6 is 0 Å². The number of carbonyl (C=O) groups excluding carboxylic acids is 1. The molecule has 2 rings (SSSR count). The molecule has 2 aromatic rings. The summed E-state index contributed by atoms with van der Waals surface area (Å²) in [6.45, 7) is 5.41. The van der Waals surface area contributed by atoms with Crippen LogP contribution in [0.5, 0.6) is 0 Å². The predicted octanol–water partition coefficient (Wildman–Crippen LogP) is 1.95. The first-order chi connectivity index (χ1) is 12.6. The Bertz CT molecular complexity index is 875. The van der Waals surface area contributed by atoms with Gasteiger partial charge in [0.2, 0.25) is 15.9 Å². The van der Waals surface area contributed by atoms with Crippen molar-refractivity contribution in [1.82, 2.24) is 10.0 Å². The van der Waals surface area contributed by atoms with Gasteiger partial charge in [-0.3, -0.25) is 4.79 Å². The number of amides is 1. The molecule has 2 aromatic carbocycles. The fourth-order valence-corrected chi connectivity index (χ4v) is 4.30. The summed E-state index contributed by atoms with van der Waals surface area (Å²) >= 11 is 0. The van der Waals surface area contributed by atoms with Gasteiger partial charge in [0, 0.05) is 12.1 Å². The van der Waals surface area contributed by atoms with Crippen molar-refractivity contribution < 1.29 is 13.2 Å². The van der Waals surface area contributed by atoms with Crippen LogP contribution in [0.4, 0.5) is 0 Å². The van der Waals surface area contributed by atoms with E-state index < -0.39 is 21.6 Å². The highest BCUT2D eigenvalue weighted by atomic mass is 32.2. The Labute approximate surface area is 161 Å². The van der Waals surface area contributed by atoms with Gasteiger partial charge in [-0.05, 0) is 44.4 Å². The number of hydrogen-bond acceptors (Lipinski definition) is 4. The summed E-state index contributed by atoms with van der Waals surface area (Å²) in [6, 6.07) is 15.4. The van der Waals surface area contributed by atoms with Gasteiger partial charge in [-0.1, -0.05) is 48.5 Å². The highest BCUT2D eigenvalue weighted by molar-refractivity contribution is 7.89. The summed E-state index contributed by atoms with van der Waals surface area (Å²) in [7, 11) is -3.70. The molecule has 146 valence electrons. The normalized spacial score (nSPS) is 13.2. The molecule has 1 atom stereocenters. The summed E-state index contributed by atoms with van der Waals surface area (Å²) < 4.78 is 27.9. The lowest BCUT2D eigenvalue weighted by atomic mass is 10.1. The maximum Gasteiger partial charge on any atom is 0.241 e. The van der Waals surface area contributed by atoms with Gasteiger partial charge in [0.25, 0.3) is 0 Å². The van der Waals surface area contributed by atoms with Gasteiger partial charge in [-0.2, -0.15) is 0 Å². The Hall–Kier alpha value is -2.22. The molecule has 0 unspecified atom stereocenters. The summed E-state index contributed by atoms with van der Waals surface area (Å²) in [5.41, 5.74) is 6.85. The van der Waals surface area contributed by atoms with E-state index in [1.54, 1.807) is 39.0 Å². The van der Waals surface area contributed by atoms with Crippen molar-refractivity contribution in [2.24, 2.45) is 5.73 Å². The van der Waals surface area contributed by atoms with Crippen LogP contribution in [0.2, 0.25) is 0 Å². The molecule has 0 heterocycles. The van der Waals surface area contributed by atoms with E-state index >= 15 is 0 Å². The molecule has 0 saturated carbocycles. The van der Waals surface area contributed by atoms with Crippen LogP contribution in [0, 0.1) is 0 Å². The fraction of sp³-hybridized carbons (Fsp3) is 0.350. The molecule has 0 aliphatic carbocycles. The molecular weight excluding hydrogens is 362 g/mol. The van der Waals surface area contributed by atoms with Gasteiger partial charge in [0.15, 0.2) is 0 Å². The van der Waals surface area contributed by atoms with E-state index in [0.717, 1.165) is 5.56 Å². The Morgan fingerprint density at radius 2 is 1.63 bits per heavy atom. The van der Waals surface area contributed by atoms with Gasteiger partial charge in [0.1, 0.15) is 0 Å². The average Bonchev–Trinajstić information content (AvgIpc) is 2.58. The molecule has 0 saturated heterocycles. The van der Waals surface area contributed by atoms with Crippen LogP contribution in [0.3, 0.4) is 0 Å². The Balaban J connectivity index is 2.07. The van der Waals surface area contributed by atoms with Gasteiger partial charge >= 0.3 is 0 Å². The molecule has 0 bridgehead atoms. The van der Waals surface area contributed by atoms with Crippen molar-refractivity contribution in [3.63, 3.8) is 0 Å². The highest BCUT2D eigenvalue weighted by Gasteiger charge is 2.24. The number of rotatable bonds is 7. The third kappa shape index (κ3) is 6.46. The largest absolute Gasteiger partial charge is 0.351 e. The van der Waals surface area contributed by atoms with Crippen molar-refractivity contribution in [3.05, 3.63) is 65.7 Å². The van der Waals surface area contributed by atoms with Crippen LogP contribution in [0.15, 0.2) is 59.5 Å². The molecule has 0 aromatic heterocycles. The lowest BCUT2D eigenvalue weighted by Gasteiger charge is -2.22. The van der Waals surface area contributed by atoms with Crippen molar-refractivity contribution >= 4 is 15.9 Å². The van der Waals surface area contributed by atoms with E-state index in [4.69, 9.17) is 5.73 Å². The average molecular weight is 390 g/mol. The minimum absolute atomic E-state index is 0.0859. The Kier molecular flexibility index (Phi) is 6.75. The van der Waals surface area contributed by atoms with Crippen LogP contribution in [-0.2, 0) is 27.8 Å². The van der Waals surface area contributed by atoms with Crippen LogP contribution < -0.4 is 15.8 Å². The molecule has 4 N–H and O–H groups in total. The molecule has 0 spiro atoms. The highest BCUT2D eigenvalue weighted by Crippen LogP contribution is 2.17. The molecule has 1 amide bonds. The smallest absolute Gasteiger partial charge is 0.241 e. The number of sulfonamides is 1. The number of benzene rings is 2. The molecular formula is C20H27N3O3S. The van der Waals surface area contributed by atoms with Gasteiger partial charge in [0.05, 0.1) is 10.9 Å². The van der Waals surface area contributed by atoms with E-state index in [9.17, 15) is 13.2 Å². The first kappa shape index (κ1) is 21.1.